The van der Waals surface area contributed by atoms with Gasteiger partial charge in [-0.2, -0.15) is 0 Å². The molecule has 0 saturated carbocycles. The van der Waals surface area contributed by atoms with E-state index in [9.17, 15) is 0 Å². The zero-order chi connectivity index (χ0) is 72.9. The Bertz CT molecular complexity index is 3860. The molecule has 0 unspecified atom stereocenters. The molecule has 4 N–H and O–H groups in total. The van der Waals surface area contributed by atoms with E-state index in [0.29, 0.717) is 78.0 Å². The number of nitrogens with one attached hydrogen (secondary N) is 2. The minimum atomic E-state index is -0.224. The predicted molar refractivity (Wildman–Crippen MR) is 419 cm³/mol. The van der Waals surface area contributed by atoms with Crippen molar-refractivity contribution in [2.24, 2.45) is 5.73 Å². The van der Waals surface area contributed by atoms with Gasteiger partial charge in [-0.1, -0.05) is 258 Å². The van der Waals surface area contributed by atoms with Crippen LogP contribution < -0.4 is 44.8 Å². The van der Waals surface area contributed by atoms with Gasteiger partial charge in [-0.25, -0.2) is 0 Å². The van der Waals surface area contributed by atoms with Gasteiger partial charge >= 0.3 is 0 Å². The van der Waals surface area contributed by atoms with Crippen LogP contribution in [-0.4, -0.2) is 60.8 Å². The van der Waals surface area contributed by atoms with E-state index in [1.807, 2.05) is 21.3 Å². The average Bonchev–Trinajstić information content (AvgIpc) is 1.15. The Kier molecular flexibility index (Phi) is 24.0. The third-order valence-electron chi connectivity index (χ3n) is 20.1. The van der Waals surface area contributed by atoms with Gasteiger partial charge in [-0.3, -0.25) is 0 Å². The summed E-state index contributed by atoms with van der Waals surface area (Å²) >= 11 is 0. The van der Waals surface area contributed by atoms with Crippen molar-refractivity contribution in [3.63, 3.8) is 0 Å². The van der Waals surface area contributed by atoms with Crippen LogP contribution in [0, 0.1) is 0 Å². The zero-order valence-corrected chi connectivity index (χ0v) is 65.4. The molecule has 0 radical (unpaired) electrons. The molecule has 8 aromatic rings. The summed E-state index contributed by atoms with van der Waals surface area (Å²) in [4.78, 5) is 0. The standard InChI is InChI=1S/C91H121N3O6/c1-58(60-30-26-24-27-31-60)93-35-38-99-84-70-42-64-48-74(86(3,4)5)46-62(80(64)95-21)40-68-52-77(89(12,13)14)53-69(83(68)98-37-34-92)41-63-47-75(87(6,7)8)49-65(81(63)96-22)43-71-55-79(91(18,19)20)57-73(85(71)100-39-36-94-59(2)61-32-28-25-29-33-61)45-67-51-76(88(9,10)11)50-66(82(67)97-23)44-72(84)56-78(54-70)90(15,16)17/h24-33,46-59,93-94H,34-45,92H2,1-23H3/t58-,59-/m0/s1. The fraction of sp³-hybridized carbons (Fsp3) is 0.473. The first kappa shape index (κ1) is 76.6. The number of methoxy groups -OCH3 is 3. The van der Waals surface area contributed by atoms with Crippen molar-refractivity contribution >= 4 is 0 Å². The van der Waals surface area contributed by atoms with Crippen molar-refractivity contribution in [2.75, 3.05) is 60.8 Å². The van der Waals surface area contributed by atoms with Crippen LogP contribution in [0.3, 0.4) is 0 Å². The topological polar surface area (TPSA) is 105 Å². The van der Waals surface area contributed by atoms with Crippen LogP contribution in [0.25, 0.3) is 0 Å². The molecule has 0 amide bonds. The fourth-order valence-corrected chi connectivity index (χ4v) is 14.0. The van der Waals surface area contributed by atoms with Gasteiger partial charge in [0, 0.05) is 70.2 Å². The lowest BCUT2D eigenvalue weighted by Gasteiger charge is -2.29. The van der Waals surface area contributed by atoms with Gasteiger partial charge in [0.1, 0.15) is 54.3 Å². The maximum Gasteiger partial charge on any atom is 0.126 e. The molecule has 0 saturated heterocycles. The number of benzene rings is 8. The molecule has 12 bridgehead atoms. The molecular weight excluding hydrogens is 1230 g/mol. The average molecular weight is 1350 g/mol. The highest BCUT2D eigenvalue weighted by atomic mass is 16.5. The highest BCUT2D eigenvalue weighted by Crippen LogP contribution is 2.46. The van der Waals surface area contributed by atoms with E-state index in [1.165, 1.54) is 44.5 Å². The number of hydrogen-bond acceptors (Lipinski definition) is 9. The van der Waals surface area contributed by atoms with Crippen LogP contribution >= 0.6 is 0 Å². The second-order valence-corrected chi connectivity index (χ2v) is 34.4. The Hall–Kier alpha value is -7.56. The van der Waals surface area contributed by atoms with Gasteiger partial charge in [0.15, 0.2) is 0 Å². The molecule has 8 aromatic carbocycles. The number of fused-ring (bicyclic) bond motifs is 12. The van der Waals surface area contributed by atoms with Crippen LogP contribution in [0.5, 0.6) is 34.5 Å². The summed E-state index contributed by atoms with van der Waals surface area (Å²) in [5, 5.41) is 7.60. The van der Waals surface area contributed by atoms with E-state index in [2.05, 4.69) is 283 Å². The largest absolute Gasteiger partial charge is 0.496 e. The summed E-state index contributed by atoms with van der Waals surface area (Å²) in [5.74, 6) is 5.18. The van der Waals surface area contributed by atoms with Gasteiger partial charge in [-0.15, -0.1) is 0 Å². The molecule has 9 nitrogen and oxygen atoms in total. The lowest BCUT2D eigenvalue weighted by molar-refractivity contribution is 0.302. The van der Waals surface area contributed by atoms with E-state index in [0.717, 1.165) is 101 Å². The number of rotatable bonds is 18. The Labute approximate surface area is 603 Å². The first-order chi connectivity index (χ1) is 47.0. The van der Waals surface area contributed by atoms with E-state index in [1.54, 1.807) is 0 Å². The monoisotopic (exact) mass is 1350 g/mol. The molecule has 0 fully saturated rings. The summed E-state index contributed by atoms with van der Waals surface area (Å²) < 4.78 is 42.5. The van der Waals surface area contributed by atoms with Crippen molar-refractivity contribution in [3.05, 3.63) is 245 Å². The van der Waals surface area contributed by atoms with Gasteiger partial charge in [0.05, 0.1) is 21.3 Å². The molecule has 9 rings (SSSR count). The third-order valence-corrected chi connectivity index (χ3v) is 20.1. The minimum absolute atomic E-state index is 0.128. The van der Waals surface area contributed by atoms with Crippen LogP contribution in [0.15, 0.2) is 133 Å². The van der Waals surface area contributed by atoms with E-state index in [4.69, 9.17) is 34.2 Å². The number of ether oxygens (including phenoxy) is 6. The fourth-order valence-electron chi connectivity index (χ4n) is 14.0. The summed E-state index contributed by atoms with van der Waals surface area (Å²) in [7, 11) is 5.52. The van der Waals surface area contributed by atoms with Crippen molar-refractivity contribution in [1.29, 1.82) is 0 Å². The van der Waals surface area contributed by atoms with Crippen molar-refractivity contribution in [2.45, 2.75) is 222 Å². The lowest BCUT2D eigenvalue weighted by atomic mass is 9.79. The summed E-state index contributed by atoms with van der Waals surface area (Å²) in [6.07, 6.45) is 3.30. The molecule has 0 heterocycles. The van der Waals surface area contributed by atoms with Gasteiger partial charge in [0.25, 0.3) is 0 Å². The molecule has 2 atom stereocenters. The van der Waals surface area contributed by atoms with Gasteiger partial charge < -0.3 is 44.8 Å². The molecule has 0 spiro atoms. The van der Waals surface area contributed by atoms with Crippen LogP contribution in [0.2, 0.25) is 0 Å². The number of hydrogen-bond donors (Lipinski definition) is 3. The Balaban J connectivity index is 1.38. The SMILES string of the molecule is COc1c2cc(C(C)(C)C)cc1Cc1cc(C(C)(C)C)cc(c1OCCN[C@@H](C)c1ccccc1)Cc1cc(C(C)(C)C)cc(c1OC)Cc1cc(C(C)(C)C)cc(c1OCCN[C@@H](C)c1ccccc1)Cc1cc(C(C)(C)C)cc(c1OC)Cc1cc(C(C)(C)C)cc(c1OCCN)C2. The van der Waals surface area contributed by atoms with Gasteiger partial charge in [-0.05, 0) is 158 Å². The molecule has 9 heteroatoms. The summed E-state index contributed by atoms with van der Waals surface area (Å²) in [6, 6.07) is 50.3. The molecule has 0 aliphatic heterocycles. The second kappa shape index (κ2) is 31.4. The van der Waals surface area contributed by atoms with E-state index < -0.39 is 0 Å². The smallest absolute Gasteiger partial charge is 0.126 e. The van der Waals surface area contributed by atoms with Gasteiger partial charge in [0.2, 0.25) is 0 Å². The van der Waals surface area contributed by atoms with Crippen molar-refractivity contribution < 1.29 is 28.4 Å². The quantitative estimate of drug-likeness (QED) is 0.0725. The van der Waals surface area contributed by atoms with Crippen molar-refractivity contribution in [3.8, 4) is 34.5 Å². The highest BCUT2D eigenvalue weighted by Gasteiger charge is 2.32. The molecular formula is C91H121N3O6. The Morgan fingerprint density at radius 3 is 0.670 bits per heavy atom. The predicted octanol–water partition coefficient (Wildman–Crippen LogP) is 20.2. The first-order valence-electron chi connectivity index (χ1n) is 36.7. The molecule has 1 aliphatic carbocycles. The summed E-state index contributed by atoms with van der Waals surface area (Å²) in [6.45, 7) is 49.0. The lowest BCUT2D eigenvalue weighted by Crippen LogP contribution is -2.25. The van der Waals surface area contributed by atoms with Crippen molar-refractivity contribution in [1.82, 2.24) is 10.6 Å². The maximum atomic E-state index is 7.43. The Morgan fingerprint density at radius 1 is 0.300 bits per heavy atom. The number of nitrogens with two attached hydrogens (primary N) is 1. The highest BCUT2D eigenvalue weighted by molar-refractivity contribution is 5.62. The van der Waals surface area contributed by atoms with E-state index >= 15 is 0 Å². The molecule has 0 aromatic heterocycles. The zero-order valence-electron chi connectivity index (χ0n) is 65.4. The molecule has 1 aliphatic rings. The maximum absolute atomic E-state index is 7.43. The second-order valence-electron chi connectivity index (χ2n) is 34.4. The molecule has 536 valence electrons. The Morgan fingerprint density at radius 2 is 0.490 bits per heavy atom. The first-order valence-corrected chi connectivity index (χ1v) is 36.7. The van der Waals surface area contributed by atoms with E-state index in [-0.39, 0.29) is 44.6 Å². The summed E-state index contributed by atoms with van der Waals surface area (Å²) in [5.41, 5.74) is 28.1. The molecule has 100 heavy (non-hydrogen) atoms. The van der Waals surface area contributed by atoms with Crippen LogP contribution in [-0.2, 0) is 71.0 Å². The van der Waals surface area contributed by atoms with Crippen LogP contribution in [0.4, 0.5) is 0 Å². The third kappa shape index (κ3) is 18.7. The van der Waals surface area contributed by atoms with Crippen LogP contribution in [0.1, 0.15) is 262 Å². The normalized spacial score (nSPS) is 14.0. The minimum Gasteiger partial charge on any atom is -0.496 e.